The molecule has 5 aliphatic rings. The molecule has 0 spiro atoms. The number of fused-ring (bicyclic) bond motifs is 3. The van der Waals surface area contributed by atoms with E-state index in [2.05, 4.69) is 19.1 Å². The summed E-state index contributed by atoms with van der Waals surface area (Å²) in [7, 11) is 0. The molecule has 3 aliphatic carbocycles. The standard InChI is InChI=1S/C27H41NO2/c1-26(21-7-3-2-4-8-21)24-14-15-27(30-26,18-25(24)28)22-9-5-6-20(17-22)16-19-10-12-23(29)13-11-19/h10-13,20-22,24-25,29H,2-9,14-18,28H2,1H3/t20-,22-,24+,25+,26+,27-/m0/s1. The fraction of sp³-hybridized carbons (Fsp3) is 0.778. The molecule has 0 radical (unpaired) electrons. The number of hydrogen-bond acceptors (Lipinski definition) is 3. The van der Waals surface area contributed by atoms with Gasteiger partial charge in [0.2, 0.25) is 0 Å². The fourth-order valence-corrected chi connectivity index (χ4v) is 8.01. The molecule has 1 aromatic rings. The van der Waals surface area contributed by atoms with Crippen LogP contribution in [0.25, 0.3) is 0 Å². The van der Waals surface area contributed by atoms with E-state index in [0.717, 1.165) is 18.8 Å². The molecule has 166 valence electrons. The number of phenols is 1. The first kappa shape index (κ1) is 20.8. The van der Waals surface area contributed by atoms with Crippen LogP contribution in [0.5, 0.6) is 5.75 Å². The first-order valence-electron chi connectivity index (χ1n) is 12.7. The van der Waals surface area contributed by atoms with E-state index in [1.165, 1.54) is 76.2 Å². The van der Waals surface area contributed by atoms with Gasteiger partial charge >= 0.3 is 0 Å². The van der Waals surface area contributed by atoms with Gasteiger partial charge in [-0.05, 0) is 93.7 Å². The van der Waals surface area contributed by atoms with E-state index < -0.39 is 0 Å². The van der Waals surface area contributed by atoms with E-state index in [1.807, 2.05) is 12.1 Å². The van der Waals surface area contributed by atoms with Crippen LogP contribution in [-0.2, 0) is 11.2 Å². The second kappa shape index (κ2) is 8.13. The second-order valence-corrected chi connectivity index (χ2v) is 11.3. The Hall–Kier alpha value is -1.06. The second-order valence-electron chi connectivity index (χ2n) is 11.3. The Morgan fingerprint density at radius 2 is 1.70 bits per heavy atom. The zero-order valence-corrected chi connectivity index (χ0v) is 18.8. The van der Waals surface area contributed by atoms with Crippen molar-refractivity contribution in [2.75, 3.05) is 0 Å². The third-order valence-corrected chi connectivity index (χ3v) is 9.54. The molecule has 2 aliphatic heterocycles. The van der Waals surface area contributed by atoms with Crippen LogP contribution < -0.4 is 5.73 Å². The van der Waals surface area contributed by atoms with E-state index in [9.17, 15) is 5.11 Å². The van der Waals surface area contributed by atoms with Gasteiger partial charge in [0, 0.05) is 12.0 Å². The predicted molar refractivity (Wildman–Crippen MR) is 121 cm³/mol. The monoisotopic (exact) mass is 411 g/mol. The van der Waals surface area contributed by atoms with Crippen molar-refractivity contribution in [3.05, 3.63) is 29.8 Å². The third-order valence-electron chi connectivity index (χ3n) is 9.54. The summed E-state index contributed by atoms with van der Waals surface area (Å²) in [5.74, 6) is 3.01. The van der Waals surface area contributed by atoms with Gasteiger partial charge in [0.15, 0.2) is 0 Å². The topological polar surface area (TPSA) is 55.5 Å². The van der Waals surface area contributed by atoms with Crippen LogP contribution in [0.15, 0.2) is 24.3 Å². The molecule has 3 heteroatoms. The highest BCUT2D eigenvalue weighted by Crippen LogP contribution is 2.59. The van der Waals surface area contributed by atoms with Crippen LogP contribution in [0, 0.1) is 23.7 Å². The number of nitrogens with two attached hydrogens (primary N) is 1. The van der Waals surface area contributed by atoms with Crippen molar-refractivity contribution >= 4 is 0 Å². The molecule has 1 aromatic carbocycles. The first-order valence-corrected chi connectivity index (χ1v) is 12.7. The summed E-state index contributed by atoms with van der Waals surface area (Å²) in [4.78, 5) is 0. The maximum Gasteiger partial charge on any atom is 0.115 e. The Balaban J connectivity index is 1.33. The lowest BCUT2D eigenvalue weighted by atomic mass is 9.55. The lowest BCUT2D eigenvalue weighted by Gasteiger charge is -2.64. The highest BCUT2D eigenvalue weighted by atomic mass is 16.5. The number of phenolic OH excluding ortho intramolecular Hbond substituents is 1. The molecule has 2 bridgehead atoms. The quantitative estimate of drug-likeness (QED) is 0.641. The summed E-state index contributed by atoms with van der Waals surface area (Å²) >= 11 is 0. The molecule has 0 aromatic heterocycles. The zero-order valence-electron chi connectivity index (χ0n) is 18.8. The number of ether oxygens (including phenoxy) is 1. The molecule has 3 saturated carbocycles. The van der Waals surface area contributed by atoms with Crippen molar-refractivity contribution in [1.29, 1.82) is 0 Å². The molecule has 6 rings (SSSR count). The van der Waals surface area contributed by atoms with Crippen molar-refractivity contribution in [2.45, 2.75) is 108 Å². The maximum absolute atomic E-state index is 9.60. The van der Waals surface area contributed by atoms with Crippen molar-refractivity contribution in [1.82, 2.24) is 0 Å². The lowest BCUT2D eigenvalue weighted by Crippen LogP contribution is -2.69. The summed E-state index contributed by atoms with van der Waals surface area (Å²) in [6.07, 6.45) is 16.7. The average molecular weight is 412 g/mol. The van der Waals surface area contributed by atoms with E-state index >= 15 is 0 Å². The highest BCUT2D eigenvalue weighted by molar-refractivity contribution is 5.26. The van der Waals surface area contributed by atoms with E-state index in [0.29, 0.717) is 29.5 Å². The van der Waals surface area contributed by atoms with Crippen LogP contribution in [0.2, 0.25) is 0 Å². The lowest BCUT2D eigenvalue weighted by molar-refractivity contribution is -0.295. The van der Waals surface area contributed by atoms with Crippen molar-refractivity contribution < 1.29 is 9.84 Å². The summed E-state index contributed by atoms with van der Waals surface area (Å²) < 4.78 is 7.31. The Bertz CT molecular complexity index is 727. The number of rotatable bonds is 4. The van der Waals surface area contributed by atoms with Crippen LogP contribution >= 0.6 is 0 Å². The van der Waals surface area contributed by atoms with Gasteiger partial charge in [-0.25, -0.2) is 0 Å². The number of benzene rings is 1. The van der Waals surface area contributed by atoms with Gasteiger partial charge in [0.1, 0.15) is 5.75 Å². The Labute approximate surface area is 182 Å². The number of hydrogen-bond donors (Lipinski definition) is 2. The van der Waals surface area contributed by atoms with Gasteiger partial charge in [-0.1, -0.05) is 44.2 Å². The average Bonchev–Trinajstić information content (AvgIpc) is 2.76. The Kier molecular flexibility index (Phi) is 5.64. The van der Waals surface area contributed by atoms with Crippen molar-refractivity contribution in [2.24, 2.45) is 29.4 Å². The van der Waals surface area contributed by atoms with Gasteiger partial charge < -0.3 is 15.6 Å². The van der Waals surface area contributed by atoms with Gasteiger partial charge in [-0.15, -0.1) is 0 Å². The SMILES string of the molecule is C[C@]1(C2CCCCC2)O[C@@]2([C@H]3CCC[C@@H](Cc4ccc(O)cc4)C3)CC[C@@H]1[C@H](N)C2. The minimum Gasteiger partial charge on any atom is -0.508 e. The van der Waals surface area contributed by atoms with E-state index in [-0.39, 0.29) is 11.2 Å². The van der Waals surface area contributed by atoms with Gasteiger partial charge in [-0.2, -0.15) is 0 Å². The maximum atomic E-state index is 9.60. The predicted octanol–water partition coefficient (Wildman–Crippen LogP) is 5.98. The molecule has 0 amide bonds. The Morgan fingerprint density at radius 1 is 0.967 bits per heavy atom. The summed E-state index contributed by atoms with van der Waals surface area (Å²) in [6.45, 7) is 2.44. The van der Waals surface area contributed by atoms with E-state index in [4.69, 9.17) is 10.5 Å². The molecule has 2 saturated heterocycles. The van der Waals surface area contributed by atoms with Crippen molar-refractivity contribution in [3.63, 3.8) is 0 Å². The van der Waals surface area contributed by atoms with Gasteiger partial charge in [0.25, 0.3) is 0 Å². The minimum absolute atomic E-state index is 0.000235. The Morgan fingerprint density at radius 3 is 2.43 bits per heavy atom. The van der Waals surface area contributed by atoms with E-state index in [1.54, 1.807) is 0 Å². The summed E-state index contributed by atoms with van der Waals surface area (Å²) in [6, 6.07) is 8.16. The van der Waals surface area contributed by atoms with Gasteiger partial charge in [0.05, 0.1) is 11.2 Å². The normalized spacial score (nSPS) is 42.3. The molecule has 6 atom stereocenters. The molecular formula is C27H41NO2. The molecular weight excluding hydrogens is 370 g/mol. The summed E-state index contributed by atoms with van der Waals surface area (Å²) in [5, 5.41) is 9.60. The van der Waals surface area contributed by atoms with Crippen molar-refractivity contribution in [3.8, 4) is 5.75 Å². The molecule has 3 nitrogen and oxygen atoms in total. The largest absolute Gasteiger partial charge is 0.508 e. The van der Waals surface area contributed by atoms with Crippen LogP contribution in [0.3, 0.4) is 0 Å². The van der Waals surface area contributed by atoms with Crippen LogP contribution in [-0.4, -0.2) is 22.4 Å². The van der Waals surface area contributed by atoms with Crippen LogP contribution in [0.4, 0.5) is 0 Å². The molecule has 2 heterocycles. The van der Waals surface area contributed by atoms with Gasteiger partial charge in [-0.3, -0.25) is 0 Å². The first-order chi connectivity index (χ1) is 14.5. The number of aromatic hydroxyl groups is 1. The third kappa shape index (κ3) is 3.71. The van der Waals surface area contributed by atoms with Crippen LogP contribution in [0.1, 0.15) is 89.5 Å². The fourth-order valence-electron chi connectivity index (χ4n) is 8.01. The highest BCUT2D eigenvalue weighted by Gasteiger charge is 2.61. The minimum atomic E-state index is 0.000235. The summed E-state index contributed by atoms with van der Waals surface area (Å²) in [5.41, 5.74) is 8.24. The zero-order chi connectivity index (χ0) is 20.8. The molecule has 3 N–H and O–H groups in total. The smallest absolute Gasteiger partial charge is 0.115 e. The molecule has 5 fully saturated rings. The molecule has 0 unspecified atom stereocenters. The molecule has 30 heavy (non-hydrogen) atoms.